The molecule has 19 heavy (non-hydrogen) atoms. The van der Waals surface area contributed by atoms with Gasteiger partial charge in [0.2, 0.25) is 0 Å². The van der Waals surface area contributed by atoms with E-state index in [0.717, 1.165) is 9.92 Å². The Kier molecular flexibility index (Phi) is 4.94. The molecule has 1 unspecified atom stereocenters. The molecule has 2 rings (SSSR count). The second-order valence-electron chi connectivity index (χ2n) is 4.00. The molecule has 1 aliphatic heterocycles. The Morgan fingerprint density at radius 2 is 2.26 bits per heavy atom. The Morgan fingerprint density at radius 3 is 2.79 bits per heavy atom. The van der Waals surface area contributed by atoms with E-state index in [4.69, 9.17) is 16.3 Å². The summed E-state index contributed by atoms with van der Waals surface area (Å²) in [5.41, 5.74) is 0.866. The molecule has 0 N–H and O–H groups in total. The van der Waals surface area contributed by atoms with Crippen LogP contribution in [0.15, 0.2) is 28.8 Å². The number of pyridine rings is 1. The fraction of sp³-hybridized carbons (Fsp3) is 0.333. The van der Waals surface area contributed by atoms with Gasteiger partial charge in [0.05, 0.1) is 0 Å². The van der Waals surface area contributed by atoms with Gasteiger partial charge in [0.25, 0.3) is 0 Å². The molecule has 7 heteroatoms. The number of alkyl halides is 2. The molecule has 0 spiro atoms. The number of rotatable bonds is 5. The quantitative estimate of drug-likeness (QED) is 0.466. The second-order valence-corrected chi connectivity index (χ2v) is 9.29. The van der Waals surface area contributed by atoms with Gasteiger partial charge in [-0.1, -0.05) is 0 Å². The average molecular weight is 350 g/mol. The van der Waals surface area contributed by atoms with Crippen LogP contribution in [-0.4, -0.2) is 38.6 Å². The molecule has 0 aromatic carbocycles. The molecule has 0 saturated carbocycles. The van der Waals surface area contributed by atoms with E-state index in [2.05, 4.69) is 4.98 Å². The van der Waals surface area contributed by atoms with Gasteiger partial charge in [-0.05, 0) is 0 Å². The number of carbonyl (C=O) groups is 1. The van der Waals surface area contributed by atoms with E-state index < -0.39 is 27.0 Å². The molecule has 0 saturated heterocycles. The second kappa shape index (κ2) is 6.49. The molecule has 0 radical (unpaired) electrons. The fourth-order valence-corrected chi connectivity index (χ4v) is 6.16. The van der Waals surface area contributed by atoms with E-state index in [1.54, 1.807) is 18.3 Å². The molecule has 1 aromatic heterocycles. The average Bonchev–Trinajstić information content (AvgIpc) is 2.77. The Bertz CT molecular complexity index is 493. The molecule has 1 aliphatic rings. The SMILES string of the molecule is O=C1C=C([As](Cc2ccc(Cl)nc2)CC(F)F)CO1. The minimum atomic E-state index is -2.36. The van der Waals surface area contributed by atoms with Crippen molar-refractivity contribution in [2.45, 2.75) is 16.8 Å². The maximum atomic E-state index is 12.6. The monoisotopic (exact) mass is 349 g/mol. The van der Waals surface area contributed by atoms with Gasteiger partial charge in [-0.15, -0.1) is 0 Å². The predicted molar refractivity (Wildman–Crippen MR) is 68.6 cm³/mol. The van der Waals surface area contributed by atoms with E-state index in [-0.39, 0.29) is 11.8 Å². The Balaban J connectivity index is 2.11. The predicted octanol–water partition coefficient (Wildman–Crippen LogP) is 2.60. The Hall–Kier alpha value is -0.932. The maximum absolute atomic E-state index is 12.6. The van der Waals surface area contributed by atoms with Crippen LogP contribution in [0.25, 0.3) is 0 Å². The molecular weight excluding hydrogens is 339 g/mol. The molecule has 102 valence electrons. The molecule has 0 amide bonds. The number of ether oxygens (including phenoxy) is 1. The summed E-state index contributed by atoms with van der Waals surface area (Å²) < 4.78 is 30.9. The normalized spacial score (nSPS) is 16.4. The number of halogens is 3. The third kappa shape index (κ3) is 4.29. The van der Waals surface area contributed by atoms with Gasteiger partial charge in [-0.2, -0.15) is 0 Å². The van der Waals surface area contributed by atoms with Crippen LogP contribution in [0.1, 0.15) is 5.56 Å². The summed E-state index contributed by atoms with van der Waals surface area (Å²) in [6, 6.07) is 3.41. The molecule has 1 atom stereocenters. The first-order valence-corrected chi connectivity index (χ1v) is 9.52. The number of nitrogens with zero attached hydrogens (tertiary/aromatic N) is 1. The number of cyclic esters (lactones) is 1. The standard InChI is InChI=1S/C12H11AsClF2NO2/c14-10-2-1-8(6-17-10)4-13(5-11(15)16)9-3-12(18)19-7-9/h1-3,6,11H,4-5,7H2. The third-order valence-corrected chi connectivity index (χ3v) is 8.11. The van der Waals surface area contributed by atoms with Crippen molar-refractivity contribution in [1.82, 2.24) is 4.98 Å². The molecule has 0 fully saturated rings. The number of aromatic nitrogens is 1. The minimum absolute atomic E-state index is 0.155. The summed E-state index contributed by atoms with van der Waals surface area (Å²) in [7, 11) is 0. The van der Waals surface area contributed by atoms with Crippen molar-refractivity contribution in [1.29, 1.82) is 0 Å². The summed E-state index contributed by atoms with van der Waals surface area (Å²) in [6.45, 7) is 0.159. The van der Waals surface area contributed by atoms with E-state index in [9.17, 15) is 13.6 Å². The van der Waals surface area contributed by atoms with Crippen LogP contribution in [0, 0.1) is 0 Å². The summed E-state index contributed by atoms with van der Waals surface area (Å²) in [5, 5.41) is 0.748. The Morgan fingerprint density at radius 1 is 1.47 bits per heavy atom. The molecule has 0 bridgehead atoms. The van der Waals surface area contributed by atoms with Crippen molar-refractivity contribution < 1.29 is 18.3 Å². The zero-order chi connectivity index (χ0) is 13.8. The van der Waals surface area contributed by atoms with E-state index >= 15 is 0 Å². The first-order valence-electron chi connectivity index (χ1n) is 5.55. The summed E-state index contributed by atoms with van der Waals surface area (Å²) in [5.74, 6) is -0.433. The van der Waals surface area contributed by atoms with Crippen molar-refractivity contribution in [2.75, 3.05) is 6.61 Å². The van der Waals surface area contributed by atoms with Crippen molar-refractivity contribution in [2.24, 2.45) is 0 Å². The van der Waals surface area contributed by atoms with Crippen LogP contribution in [0.3, 0.4) is 0 Å². The zero-order valence-electron chi connectivity index (χ0n) is 9.85. The van der Waals surface area contributed by atoms with Gasteiger partial charge in [-0.25, -0.2) is 0 Å². The van der Waals surface area contributed by atoms with Gasteiger partial charge < -0.3 is 0 Å². The first kappa shape index (κ1) is 14.5. The van der Waals surface area contributed by atoms with Gasteiger partial charge in [-0.3, -0.25) is 0 Å². The summed E-state index contributed by atoms with van der Waals surface area (Å²) in [6.07, 6.45) is 0.594. The molecule has 1 aromatic rings. The van der Waals surface area contributed by atoms with Crippen LogP contribution < -0.4 is 0 Å². The Labute approximate surface area is 118 Å². The van der Waals surface area contributed by atoms with Crippen LogP contribution in [-0.2, 0) is 14.7 Å². The topological polar surface area (TPSA) is 39.2 Å². The third-order valence-electron chi connectivity index (χ3n) is 2.57. The van der Waals surface area contributed by atoms with E-state index in [0.29, 0.717) is 10.4 Å². The number of hydrogen-bond acceptors (Lipinski definition) is 3. The number of hydrogen-bond donors (Lipinski definition) is 0. The van der Waals surface area contributed by atoms with Crippen molar-refractivity contribution in [3.63, 3.8) is 0 Å². The van der Waals surface area contributed by atoms with Crippen molar-refractivity contribution >= 4 is 32.2 Å². The summed E-state index contributed by atoms with van der Waals surface area (Å²) >= 11 is 3.66. The first-order chi connectivity index (χ1) is 9.04. The number of esters is 1. The zero-order valence-corrected chi connectivity index (χ0v) is 12.5. The molecular formula is C12H11AsClF2NO2. The van der Waals surface area contributed by atoms with Gasteiger partial charge in [0, 0.05) is 0 Å². The number of carbonyl (C=O) groups excluding carboxylic acids is 1. The summed E-state index contributed by atoms with van der Waals surface area (Å²) in [4.78, 5) is 15.0. The van der Waals surface area contributed by atoms with Crippen molar-refractivity contribution in [3.8, 4) is 0 Å². The van der Waals surface area contributed by atoms with E-state index in [1.165, 1.54) is 6.08 Å². The van der Waals surface area contributed by atoms with Crippen LogP contribution in [0.2, 0.25) is 10.4 Å². The van der Waals surface area contributed by atoms with E-state index in [1.807, 2.05) is 0 Å². The van der Waals surface area contributed by atoms with Gasteiger partial charge in [0.1, 0.15) is 0 Å². The van der Waals surface area contributed by atoms with Crippen LogP contribution in [0.5, 0.6) is 0 Å². The molecule has 2 heterocycles. The molecule has 0 aliphatic carbocycles. The van der Waals surface area contributed by atoms with Gasteiger partial charge in [0.15, 0.2) is 0 Å². The fourth-order valence-electron chi connectivity index (χ4n) is 1.72. The van der Waals surface area contributed by atoms with Crippen molar-refractivity contribution in [3.05, 3.63) is 39.5 Å². The van der Waals surface area contributed by atoms with Gasteiger partial charge >= 0.3 is 118 Å². The van der Waals surface area contributed by atoms with Crippen LogP contribution in [0.4, 0.5) is 8.78 Å². The molecule has 3 nitrogen and oxygen atoms in total. The van der Waals surface area contributed by atoms with Crippen LogP contribution >= 0.6 is 11.6 Å².